The molecule has 0 aromatic heterocycles. The van der Waals surface area contributed by atoms with Crippen molar-refractivity contribution in [3.8, 4) is 5.75 Å². The van der Waals surface area contributed by atoms with Crippen molar-refractivity contribution in [1.82, 2.24) is 0 Å². The van der Waals surface area contributed by atoms with Crippen molar-refractivity contribution in [2.45, 2.75) is 13.8 Å². The smallest absolute Gasteiger partial charge is 0.185 e. The van der Waals surface area contributed by atoms with Crippen molar-refractivity contribution in [1.29, 1.82) is 0 Å². The van der Waals surface area contributed by atoms with E-state index in [4.69, 9.17) is 16.3 Å². The van der Waals surface area contributed by atoms with E-state index in [1.54, 1.807) is 36.4 Å². The first-order valence-electron chi connectivity index (χ1n) is 7.39. The Morgan fingerprint density at radius 2 is 1.70 bits per heavy atom. The molecule has 0 radical (unpaired) electrons. The third kappa shape index (κ3) is 5.76. The van der Waals surface area contributed by atoms with Gasteiger partial charge in [-0.25, -0.2) is 0 Å². The summed E-state index contributed by atoms with van der Waals surface area (Å²) >= 11 is 5.83. The van der Waals surface area contributed by atoms with Crippen molar-refractivity contribution in [3.63, 3.8) is 0 Å². The number of hydrogen-bond acceptors (Lipinski definition) is 2. The molecule has 0 aliphatic rings. The van der Waals surface area contributed by atoms with Gasteiger partial charge in [-0.05, 0) is 68.0 Å². The molecule has 0 bridgehead atoms. The number of benzene rings is 2. The molecule has 2 nitrogen and oxygen atoms in total. The number of allylic oxidation sites excluding steroid dienone is 2. The molecule has 2 aromatic rings. The van der Waals surface area contributed by atoms with Gasteiger partial charge in [-0.3, -0.25) is 4.79 Å². The minimum absolute atomic E-state index is 0.0456. The summed E-state index contributed by atoms with van der Waals surface area (Å²) in [6.45, 7) is 4.59. The molecule has 0 aliphatic heterocycles. The second-order valence-electron chi connectivity index (χ2n) is 5.37. The van der Waals surface area contributed by atoms with Crippen LogP contribution in [-0.2, 0) is 0 Å². The minimum Gasteiger partial charge on any atom is -0.490 e. The van der Waals surface area contributed by atoms with Crippen LogP contribution in [0.3, 0.4) is 0 Å². The van der Waals surface area contributed by atoms with Crippen LogP contribution in [0.4, 0.5) is 0 Å². The van der Waals surface area contributed by atoms with Gasteiger partial charge in [-0.15, -0.1) is 0 Å². The maximum atomic E-state index is 12.1. The maximum absolute atomic E-state index is 12.1. The number of hydrogen-bond donors (Lipinski definition) is 0. The fourth-order valence-corrected chi connectivity index (χ4v) is 1.99. The number of ether oxygens (including phenoxy) is 1. The maximum Gasteiger partial charge on any atom is 0.185 e. The summed E-state index contributed by atoms with van der Waals surface area (Å²) in [6, 6.07) is 14.5. The lowest BCUT2D eigenvalue weighted by Crippen LogP contribution is -1.97. The van der Waals surface area contributed by atoms with Crippen LogP contribution in [-0.4, -0.2) is 12.4 Å². The van der Waals surface area contributed by atoms with Crippen LogP contribution in [0.2, 0.25) is 5.02 Å². The Hall–Kier alpha value is -2.32. The molecule has 118 valence electrons. The zero-order valence-electron chi connectivity index (χ0n) is 13.3. The van der Waals surface area contributed by atoms with Crippen molar-refractivity contribution in [2.24, 2.45) is 0 Å². The average Bonchev–Trinajstić information content (AvgIpc) is 2.54. The molecule has 0 amide bonds. The van der Waals surface area contributed by atoms with Gasteiger partial charge in [0.15, 0.2) is 5.78 Å². The van der Waals surface area contributed by atoms with Gasteiger partial charge in [0.25, 0.3) is 0 Å². The van der Waals surface area contributed by atoms with E-state index < -0.39 is 0 Å². The second-order valence-corrected chi connectivity index (χ2v) is 5.80. The molecule has 2 rings (SSSR count). The molecule has 0 fully saturated rings. The van der Waals surface area contributed by atoms with Crippen LogP contribution in [0.1, 0.15) is 29.8 Å². The molecular weight excluding hydrogens is 308 g/mol. The van der Waals surface area contributed by atoms with Crippen molar-refractivity contribution < 1.29 is 9.53 Å². The number of rotatable bonds is 6. The van der Waals surface area contributed by atoms with Gasteiger partial charge in [0.2, 0.25) is 0 Å². The monoisotopic (exact) mass is 326 g/mol. The molecule has 3 heteroatoms. The van der Waals surface area contributed by atoms with Gasteiger partial charge >= 0.3 is 0 Å². The molecular formula is C20H19ClO2. The van der Waals surface area contributed by atoms with E-state index in [2.05, 4.69) is 0 Å². The molecule has 0 spiro atoms. The average molecular weight is 327 g/mol. The number of carbonyl (C=O) groups is 1. The molecule has 0 heterocycles. The Morgan fingerprint density at radius 3 is 2.30 bits per heavy atom. The lowest BCUT2D eigenvalue weighted by molar-refractivity contribution is 0.104. The molecule has 0 saturated carbocycles. The summed E-state index contributed by atoms with van der Waals surface area (Å²) in [5.41, 5.74) is 2.78. The van der Waals surface area contributed by atoms with E-state index in [0.29, 0.717) is 17.2 Å². The first-order chi connectivity index (χ1) is 11.0. The molecule has 0 N–H and O–H groups in total. The first-order valence-corrected chi connectivity index (χ1v) is 7.76. The minimum atomic E-state index is -0.0456. The van der Waals surface area contributed by atoms with Gasteiger partial charge in [0.1, 0.15) is 12.4 Å². The van der Waals surface area contributed by atoms with Crippen LogP contribution in [0.25, 0.3) is 6.08 Å². The normalized spacial score (nSPS) is 10.6. The predicted octanol–water partition coefficient (Wildman–Crippen LogP) is 5.58. The van der Waals surface area contributed by atoms with E-state index >= 15 is 0 Å². The van der Waals surface area contributed by atoms with Crippen LogP contribution in [0, 0.1) is 0 Å². The Balaban J connectivity index is 1.97. The molecule has 0 atom stereocenters. The summed E-state index contributed by atoms with van der Waals surface area (Å²) < 4.78 is 5.57. The molecule has 0 aliphatic carbocycles. The van der Waals surface area contributed by atoms with E-state index in [0.717, 1.165) is 11.3 Å². The third-order valence-electron chi connectivity index (χ3n) is 3.18. The molecule has 23 heavy (non-hydrogen) atoms. The zero-order chi connectivity index (χ0) is 16.7. The topological polar surface area (TPSA) is 26.3 Å². The van der Waals surface area contributed by atoms with Gasteiger partial charge in [-0.1, -0.05) is 35.4 Å². The summed E-state index contributed by atoms with van der Waals surface area (Å²) in [5.74, 6) is 0.705. The van der Waals surface area contributed by atoms with E-state index in [-0.39, 0.29) is 5.78 Å². The number of ketones is 1. The Labute approximate surface area is 142 Å². The lowest BCUT2D eigenvalue weighted by atomic mass is 10.1. The molecule has 0 unspecified atom stereocenters. The summed E-state index contributed by atoms with van der Waals surface area (Å²) in [5, 5.41) is 0.678. The van der Waals surface area contributed by atoms with Crippen molar-refractivity contribution in [3.05, 3.63) is 82.4 Å². The van der Waals surface area contributed by atoms with E-state index in [1.807, 2.05) is 44.2 Å². The van der Waals surface area contributed by atoms with Gasteiger partial charge < -0.3 is 4.74 Å². The van der Waals surface area contributed by atoms with Crippen molar-refractivity contribution in [2.75, 3.05) is 6.61 Å². The first kappa shape index (κ1) is 17.0. The Morgan fingerprint density at radius 1 is 1.04 bits per heavy atom. The summed E-state index contributed by atoms with van der Waals surface area (Å²) in [7, 11) is 0. The van der Waals surface area contributed by atoms with Gasteiger partial charge in [-0.2, -0.15) is 0 Å². The highest BCUT2D eigenvalue weighted by Crippen LogP contribution is 2.14. The van der Waals surface area contributed by atoms with E-state index in [9.17, 15) is 4.79 Å². The van der Waals surface area contributed by atoms with Crippen LogP contribution < -0.4 is 4.74 Å². The third-order valence-corrected chi connectivity index (χ3v) is 3.43. The van der Waals surface area contributed by atoms with Crippen molar-refractivity contribution >= 4 is 23.5 Å². The quantitative estimate of drug-likeness (QED) is 0.393. The molecule has 0 saturated heterocycles. The zero-order valence-corrected chi connectivity index (χ0v) is 14.0. The van der Waals surface area contributed by atoms with Crippen LogP contribution in [0.15, 0.2) is 66.3 Å². The van der Waals surface area contributed by atoms with E-state index in [1.165, 1.54) is 5.57 Å². The van der Waals surface area contributed by atoms with Gasteiger partial charge in [0.05, 0.1) is 0 Å². The SMILES string of the molecule is CC(C)=CCOc1ccc(C(=O)/C=C/c2ccc(Cl)cc2)cc1. The highest BCUT2D eigenvalue weighted by molar-refractivity contribution is 6.30. The summed E-state index contributed by atoms with van der Waals surface area (Å²) in [4.78, 5) is 12.1. The number of halogens is 1. The Kier molecular flexibility index (Phi) is 6.19. The highest BCUT2D eigenvalue weighted by atomic mass is 35.5. The van der Waals surface area contributed by atoms with Gasteiger partial charge in [0, 0.05) is 10.6 Å². The summed E-state index contributed by atoms with van der Waals surface area (Å²) in [6.07, 6.45) is 5.34. The lowest BCUT2D eigenvalue weighted by Gasteiger charge is -2.04. The fourth-order valence-electron chi connectivity index (χ4n) is 1.86. The predicted molar refractivity (Wildman–Crippen MR) is 96.2 cm³/mol. The molecule has 2 aromatic carbocycles. The fraction of sp³-hybridized carbons (Fsp3) is 0.150. The number of carbonyl (C=O) groups excluding carboxylic acids is 1. The van der Waals surface area contributed by atoms with Crippen LogP contribution >= 0.6 is 11.6 Å². The highest BCUT2D eigenvalue weighted by Gasteiger charge is 2.02. The standard InChI is InChI=1S/C20H19ClO2/c1-15(2)13-14-23-19-10-6-17(7-11-19)20(22)12-5-16-3-8-18(21)9-4-16/h3-13H,14H2,1-2H3/b12-5+. The second kappa shape index (κ2) is 8.35. The van der Waals surface area contributed by atoms with Crippen LogP contribution in [0.5, 0.6) is 5.75 Å². The Bertz CT molecular complexity index is 706. The largest absolute Gasteiger partial charge is 0.490 e.